The number of hydrogen-bond donors (Lipinski definition) is 0. The molecule has 0 spiro atoms. The molecule has 27 heavy (non-hydrogen) atoms. The lowest BCUT2D eigenvalue weighted by Crippen LogP contribution is -2.48. The lowest BCUT2D eigenvalue weighted by atomic mass is 10.1. The van der Waals surface area contributed by atoms with Crippen LogP contribution in [0, 0.1) is 0 Å². The predicted octanol–water partition coefficient (Wildman–Crippen LogP) is 3.03. The Balaban J connectivity index is 1.60. The number of nitrogens with zero attached hydrogens (tertiary/aromatic N) is 4. The zero-order chi connectivity index (χ0) is 19.4. The van der Waals surface area contributed by atoms with Crippen LogP contribution in [0.15, 0.2) is 28.8 Å². The molecule has 2 aromatic rings. The minimum atomic E-state index is -4.43. The summed E-state index contributed by atoms with van der Waals surface area (Å²) < 4.78 is 48.6. The predicted molar refractivity (Wildman–Crippen MR) is 88.6 cm³/mol. The number of aromatic nitrogens is 2. The average Bonchev–Trinajstić information content (AvgIpc) is 3.10. The molecule has 7 nitrogen and oxygen atoms in total. The van der Waals surface area contributed by atoms with Crippen molar-refractivity contribution in [3.05, 3.63) is 35.7 Å². The molecule has 10 heteroatoms. The molecule has 146 valence electrons. The van der Waals surface area contributed by atoms with E-state index >= 15 is 0 Å². The zero-order valence-corrected chi connectivity index (χ0v) is 14.7. The number of halogens is 3. The third-order valence-electron chi connectivity index (χ3n) is 4.17. The summed E-state index contributed by atoms with van der Waals surface area (Å²) in [5.74, 6) is 0.424. The van der Waals surface area contributed by atoms with Crippen LogP contribution in [0.2, 0.25) is 0 Å². The molecule has 0 atom stereocenters. The largest absolute Gasteiger partial charge is 0.450 e. The third kappa shape index (κ3) is 4.76. The minimum absolute atomic E-state index is 0.0428. The number of carbonyl (C=O) groups is 1. The second-order valence-corrected chi connectivity index (χ2v) is 6.06. The van der Waals surface area contributed by atoms with Gasteiger partial charge >= 0.3 is 12.3 Å². The first-order valence-electron chi connectivity index (χ1n) is 8.51. The van der Waals surface area contributed by atoms with Crippen LogP contribution in [0.3, 0.4) is 0 Å². The Kier molecular flexibility index (Phi) is 5.64. The number of ether oxygens (including phenoxy) is 1. The lowest BCUT2D eigenvalue weighted by molar-refractivity contribution is -0.137. The maximum absolute atomic E-state index is 12.8. The van der Waals surface area contributed by atoms with Crippen LogP contribution in [0.1, 0.15) is 18.3 Å². The fraction of sp³-hybridized carbons (Fsp3) is 0.471. The highest BCUT2D eigenvalue weighted by Gasteiger charge is 2.31. The Bertz CT molecular complexity index is 786. The Morgan fingerprint density at radius 3 is 2.67 bits per heavy atom. The van der Waals surface area contributed by atoms with E-state index in [4.69, 9.17) is 9.26 Å². The van der Waals surface area contributed by atoms with Gasteiger partial charge in [-0.2, -0.15) is 18.2 Å². The van der Waals surface area contributed by atoms with Crippen molar-refractivity contribution >= 4 is 6.09 Å². The van der Waals surface area contributed by atoms with E-state index in [0.717, 1.165) is 12.1 Å². The summed E-state index contributed by atoms with van der Waals surface area (Å²) >= 11 is 0. The SMILES string of the molecule is CCOC(=O)N1CCN(Cc2noc(-c3cccc(C(F)(F)F)c3)n2)CC1. The van der Waals surface area contributed by atoms with Gasteiger partial charge in [0.05, 0.1) is 18.7 Å². The van der Waals surface area contributed by atoms with Crippen molar-refractivity contribution in [2.75, 3.05) is 32.8 Å². The standard InChI is InChI=1S/C17H19F3N4O3/c1-2-26-16(25)24-8-6-23(7-9-24)11-14-21-15(27-22-14)12-4-3-5-13(10-12)17(18,19)20/h3-5,10H,2,6-9,11H2,1H3. The quantitative estimate of drug-likeness (QED) is 0.807. The van der Waals surface area contributed by atoms with Gasteiger partial charge in [-0.05, 0) is 25.1 Å². The first kappa shape index (κ1) is 19.2. The first-order chi connectivity index (χ1) is 12.9. The van der Waals surface area contributed by atoms with Crippen LogP contribution in [0.5, 0.6) is 0 Å². The molecule has 1 aromatic carbocycles. The third-order valence-corrected chi connectivity index (χ3v) is 4.17. The molecular formula is C17H19F3N4O3. The van der Waals surface area contributed by atoms with Crippen molar-refractivity contribution in [2.45, 2.75) is 19.6 Å². The van der Waals surface area contributed by atoms with Crippen LogP contribution < -0.4 is 0 Å². The smallest absolute Gasteiger partial charge is 0.416 e. The molecule has 1 aromatic heterocycles. The summed E-state index contributed by atoms with van der Waals surface area (Å²) in [6.07, 6.45) is -4.76. The molecule has 3 rings (SSSR count). The van der Waals surface area contributed by atoms with Crippen LogP contribution in [-0.2, 0) is 17.5 Å². The van der Waals surface area contributed by atoms with E-state index in [0.29, 0.717) is 45.2 Å². The van der Waals surface area contributed by atoms with Gasteiger partial charge in [-0.1, -0.05) is 11.2 Å². The Morgan fingerprint density at radius 1 is 1.26 bits per heavy atom. The summed E-state index contributed by atoms with van der Waals surface area (Å²) in [6, 6.07) is 4.76. The van der Waals surface area contributed by atoms with E-state index in [1.54, 1.807) is 11.8 Å². The van der Waals surface area contributed by atoms with Crippen molar-refractivity contribution in [1.29, 1.82) is 0 Å². The van der Waals surface area contributed by atoms with E-state index in [1.165, 1.54) is 12.1 Å². The molecule has 0 aliphatic carbocycles. The van der Waals surface area contributed by atoms with Crippen molar-refractivity contribution < 1.29 is 27.2 Å². The number of rotatable bonds is 4. The van der Waals surface area contributed by atoms with Gasteiger partial charge in [0.25, 0.3) is 5.89 Å². The second kappa shape index (κ2) is 7.95. The Labute approximate surface area is 153 Å². The fourth-order valence-electron chi connectivity index (χ4n) is 2.77. The van der Waals surface area contributed by atoms with E-state index < -0.39 is 11.7 Å². The zero-order valence-electron chi connectivity index (χ0n) is 14.7. The molecule has 2 heterocycles. The van der Waals surface area contributed by atoms with Crippen molar-refractivity contribution in [1.82, 2.24) is 19.9 Å². The maximum Gasteiger partial charge on any atom is 0.416 e. The number of piperazine rings is 1. The van der Waals surface area contributed by atoms with E-state index in [9.17, 15) is 18.0 Å². The summed E-state index contributed by atoms with van der Waals surface area (Å²) in [5.41, 5.74) is -0.550. The minimum Gasteiger partial charge on any atom is -0.450 e. The maximum atomic E-state index is 12.8. The van der Waals surface area contributed by atoms with Gasteiger partial charge < -0.3 is 14.2 Å². The van der Waals surface area contributed by atoms with Gasteiger partial charge in [0.2, 0.25) is 0 Å². The molecule has 1 aliphatic heterocycles. The normalized spacial score (nSPS) is 15.8. The van der Waals surface area contributed by atoms with E-state index in [2.05, 4.69) is 10.1 Å². The monoisotopic (exact) mass is 384 g/mol. The van der Waals surface area contributed by atoms with Gasteiger partial charge in [-0.3, -0.25) is 4.90 Å². The molecule has 1 saturated heterocycles. The highest BCUT2D eigenvalue weighted by molar-refractivity contribution is 5.67. The summed E-state index contributed by atoms with van der Waals surface area (Å²) in [6.45, 7) is 4.76. The van der Waals surface area contributed by atoms with Crippen LogP contribution >= 0.6 is 0 Å². The number of alkyl halides is 3. The van der Waals surface area contributed by atoms with Gasteiger partial charge in [-0.15, -0.1) is 0 Å². The molecule has 0 bridgehead atoms. The molecule has 0 unspecified atom stereocenters. The molecule has 1 fully saturated rings. The van der Waals surface area contributed by atoms with Gasteiger partial charge in [-0.25, -0.2) is 4.79 Å². The van der Waals surface area contributed by atoms with Crippen LogP contribution in [0.25, 0.3) is 11.5 Å². The van der Waals surface area contributed by atoms with Gasteiger partial charge in [0.15, 0.2) is 5.82 Å². The fourth-order valence-corrected chi connectivity index (χ4v) is 2.77. The Morgan fingerprint density at radius 2 is 2.00 bits per heavy atom. The van der Waals surface area contributed by atoms with Gasteiger partial charge in [0, 0.05) is 31.7 Å². The van der Waals surface area contributed by atoms with Crippen molar-refractivity contribution in [3.63, 3.8) is 0 Å². The highest BCUT2D eigenvalue weighted by Crippen LogP contribution is 2.31. The van der Waals surface area contributed by atoms with E-state index in [-0.39, 0.29) is 17.5 Å². The topological polar surface area (TPSA) is 71.7 Å². The molecule has 1 amide bonds. The molecule has 0 radical (unpaired) electrons. The molecular weight excluding hydrogens is 365 g/mol. The second-order valence-electron chi connectivity index (χ2n) is 6.06. The summed E-state index contributed by atoms with van der Waals surface area (Å²) in [5, 5.41) is 3.85. The first-order valence-corrected chi connectivity index (χ1v) is 8.51. The van der Waals surface area contributed by atoms with Crippen molar-refractivity contribution in [2.24, 2.45) is 0 Å². The highest BCUT2D eigenvalue weighted by atomic mass is 19.4. The Hall–Kier alpha value is -2.62. The molecule has 0 N–H and O–H groups in total. The number of benzene rings is 1. The summed E-state index contributed by atoms with van der Waals surface area (Å²) in [7, 11) is 0. The number of hydrogen-bond acceptors (Lipinski definition) is 6. The molecule has 1 aliphatic rings. The van der Waals surface area contributed by atoms with Crippen LogP contribution in [-0.4, -0.2) is 58.8 Å². The van der Waals surface area contributed by atoms with Crippen LogP contribution in [0.4, 0.5) is 18.0 Å². The molecule has 0 saturated carbocycles. The number of carbonyl (C=O) groups excluding carboxylic acids is 1. The average molecular weight is 384 g/mol. The van der Waals surface area contributed by atoms with Gasteiger partial charge in [0.1, 0.15) is 0 Å². The summed E-state index contributed by atoms with van der Waals surface area (Å²) in [4.78, 5) is 19.5. The lowest BCUT2D eigenvalue weighted by Gasteiger charge is -2.33. The van der Waals surface area contributed by atoms with Crippen molar-refractivity contribution in [3.8, 4) is 11.5 Å². The van der Waals surface area contributed by atoms with E-state index in [1.807, 2.05) is 4.90 Å². The number of amides is 1.